The Labute approximate surface area is 113 Å². The third-order valence-electron chi connectivity index (χ3n) is 3.66. The first-order chi connectivity index (χ1) is 9.20. The number of amidine groups is 1. The van der Waals surface area contributed by atoms with E-state index in [1.807, 2.05) is 7.05 Å². The van der Waals surface area contributed by atoms with Crippen LogP contribution < -0.4 is 10.6 Å². The lowest BCUT2D eigenvalue weighted by atomic mass is 9.89. The SMILES string of the molecule is CN(CC1CCCCC1)c1cnc(C(N)=NO)cn1. The highest BCUT2D eigenvalue weighted by molar-refractivity contribution is 5.94. The summed E-state index contributed by atoms with van der Waals surface area (Å²) in [6.45, 7) is 1.01. The van der Waals surface area contributed by atoms with Crippen molar-refractivity contribution in [2.24, 2.45) is 16.8 Å². The van der Waals surface area contributed by atoms with Crippen LogP contribution in [0.1, 0.15) is 37.8 Å². The zero-order valence-corrected chi connectivity index (χ0v) is 11.3. The Balaban J connectivity index is 1.96. The first kappa shape index (κ1) is 13.6. The zero-order chi connectivity index (χ0) is 13.7. The summed E-state index contributed by atoms with van der Waals surface area (Å²) in [6.07, 6.45) is 9.85. The molecule has 0 aromatic carbocycles. The Hall–Kier alpha value is -1.85. The van der Waals surface area contributed by atoms with Crippen LogP contribution in [0.15, 0.2) is 17.5 Å². The van der Waals surface area contributed by atoms with E-state index in [9.17, 15) is 0 Å². The van der Waals surface area contributed by atoms with Crippen molar-refractivity contribution in [2.75, 3.05) is 18.5 Å². The molecular formula is C13H21N5O. The van der Waals surface area contributed by atoms with Crippen molar-refractivity contribution in [2.45, 2.75) is 32.1 Å². The minimum absolute atomic E-state index is 0.0195. The van der Waals surface area contributed by atoms with Gasteiger partial charge in [-0.1, -0.05) is 24.4 Å². The van der Waals surface area contributed by atoms with E-state index in [-0.39, 0.29) is 5.84 Å². The van der Waals surface area contributed by atoms with Gasteiger partial charge in [0.1, 0.15) is 11.5 Å². The molecule has 6 nitrogen and oxygen atoms in total. The maximum atomic E-state index is 8.57. The summed E-state index contributed by atoms with van der Waals surface area (Å²) in [4.78, 5) is 10.6. The quantitative estimate of drug-likeness (QED) is 0.373. The Bertz CT molecular complexity index is 425. The molecule has 0 amide bonds. The van der Waals surface area contributed by atoms with Gasteiger partial charge in [-0.3, -0.25) is 0 Å². The molecule has 1 aromatic heterocycles. The maximum Gasteiger partial charge on any atom is 0.190 e. The first-order valence-corrected chi connectivity index (χ1v) is 6.72. The van der Waals surface area contributed by atoms with Gasteiger partial charge in [-0.15, -0.1) is 0 Å². The van der Waals surface area contributed by atoms with E-state index in [1.54, 1.807) is 6.20 Å². The monoisotopic (exact) mass is 263 g/mol. The molecule has 0 bridgehead atoms. The number of hydrogen-bond donors (Lipinski definition) is 2. The molecule has 0 saturated heterocycles. The van der Waals surface area contributed by atoms with Gasteiger partial charge in [0.25, 0.3) is 0 Å². The molecule has 1 aromatic rings. The molecule has 2 rings (SSSR count). The number of nitrogens with zero attached hydrogens (tertiary/aromatic N) is 4. The minimum Gasteiger partial charge on any atom is -0.409 e. The zero-order valence-electron chi connectivity index (χ0n) is 11.3. The van der Waals surface area contributed by atoms with E-state index < -0.39 is 0 Å². The number of oxime groups is 1. The first-order valence-electron chi connectivity index (χ1n) is 6.72. The lowest BCUT2D eigenvalue weighted by Gasteiger charge is -2.27. The predicted molar refractivity (Wildman–Crippen MR) is 74.4 cm³/mol. The third-order valence-corrected chi connectivity index (χ3v) is 3.66. The van der Waals surface area contributed by atoms with Crippen LogP contribution >= 0.6 is 0 Å². The van der Waals surface area contributed by atoms with E-state index in [1.165, 1.54) is 38.3 Å². The summed E-state index contributed by atoms with van der Waals surface area (Å²) >= 11 is 0. The summed E-state index contributed by atoms with van der Waals surface area (Å²) in [7, 11) is 2.03. The van der Waals surface area contributed by atoms with Gasteiger partial charge >= 0.3 is 0 Å². The molecule has 0 aliphatic heterocycles. The van der Waals surface area contributed by atoms with Gasteiger partial charge in [-0.25, -0.2) is 9.97 Å². The van der Waals surface area contributed by atoms with Crippen molar-refractivity contribution in [1.82, 2.24) is 9.97 Å². The standard InChI is InChI=1S/C13H21N5O/c1-18(9-10-5-3-2-4-6-10)12-8-15-11(7-16-12)13(14)17-19/h7-8,10,19H,2-6,9H2,1H3,(H2,14,17). The summed E-state index contributed by atoms with van der Waals surface area (Å²) < 4.78 is 0. The Morgan fingerprint density at radius 3 is 2.68 bits per heavy atom. The van der Waals surface area contributed by atoms with E-state index in [0.717, 1.165) is 18.3 Å². The second-order valence-corrected chi connectivity index (χ2v) is 5.13. The lowest BCUT2D eigenvalue weighted by molar-refractivity contribution is 0.318. The Kier molecular flexibility index (Phi) is 4.54. The topological polar surface area (TPSA) is 87.6 Å². The molecular weight excluding hydrogens is 242 g/mol. The molecule has 1 fully saturated rings. The van der Waals surface area contributed by atoms with Crippen molar-refractivity contribution in [3.63, 3.8) is 0 Å². The number of nitrogens with two attached hydrogens (primary N) is 1. The van der Waals surface area contributed by atoms with Gasteiger partial charge < -0.3 is 15.8 Å². The largest absolute Gasteiger partial charge is 0.409 e. The van der Waals surface area contributed by atoms with Crippen LogP contribution in [-0.4, -0.2) is 34.6 Å². The molecule has 19 heavy (non-hydrogen) atoms. The second kappa shape index (κ2) is 6.36. The fraction of sp³-hybridized carbons (Fsp3) is 0.615. The van der Waals surface area contributed by atoms with Crippen LogP contribution in [-0.2, 0) is 0 Å². The molecule has 1 saturated carbocycles. The van der Waals surface area contributed by atoms with Crippen LogP contribution in [0.5, 0.6) is 0 Å². The van der Waals surface area contributed by atoms with Gasteiger partial charge in [0.2, 0.25) is 0 Å². The molecule has 0 atom stereocenters. The summed E-state index contributed by atoms with van der Waals surface area (Å²) in [5.41, 5.74) is 5.84. The normalized spacial score (nSPS) is 17.4. The Morgan fingerprint density at radius 2 is 2.11 bits per heavy atom. The smallest absolute Gasteiger partial charge is 0.190 e. The fourth-order valence-electron chi connectivity index (χ4n) is 2.55. The van der Waals surface area contributed by atoms with Crippen LogP contribution in [0.4, 0.5) is 5.82 Å². The molecule has 0 unspecified atom stereocenters. The van der Waals surface area contributed by atoms with Crippen molar-refractivity contribution in [1.29, 1.82) is 0 Å². The average molecular weight is 263 g/mol. The molecule has 0 radical (unpaired) electrons. The molecule has 0 spiro atoms. The van der Waals surface area contributed by atoms with Crippen LogP contribution in [0.25, 0.3) is 0 Å². The average Bonchev–Trinajstić information content (AvgIpc) is 2.47. The number of hydrogen-bond acceptors (Lipinski definition) is 5. The molecule has 3 N–H and O–H groups in total. The van der Waals surface area contributed by atoms with E-state index in [2.05, 4.69) is 20.0 Å². The van der Waals surface area contributed by atoms with Gasteiger partial charge in [-0.2, -0.15) is 0 Å². The third kappa shape index (κ3) is 3.56. The molecule has 104 valence electrons. The summed E-state index contributed by atoms with van der Waals surface area (Å²) in [6, 6.07) is 0. The highest BCUT2D eigenvalue weighted by Crippen LogP contribution is 2.25. The Morgan fingerprint density at radius 1 is 1.37 bits per heavy atom. The fourth-order valence-corrected chi connectivity index (χ4v) is 2.55. The van der Waals surface area contributed by atoms with Crippen molar-refractivity contribution in [3.05, 3.63) is 18.1 Å². The van der Waals surface area contributed by atoms with E-state index >= 15 is 0 Å². The predicted octanol–water partition coefficient (Wildman–Crippen LogP) is 1.59. The van der Waals surface area contributed by atoms with Crippen molar-refractivity contribution in [3.8, 4) is 0 Å². The van der Waals surface area contributed by atoms with Crippen molar-refractivity contribution < 1.29 is 5.21 Å². The van der Waals surface area contributed by atoms with Gasteiger partial charge in [0.05, 0.1) is 12.4 Å². The van der Waals surface area contributed by atoms with E-state index in [0.29, 0.717) is 5.69 Å². The molecule has 1 heterocycles. The maximum absolute atomic E-state index is 8.57. The van der Waals surface area contributed by atoms with Gasteiger partial charge in [0.15, 0.2) is 5.84 Å². The van der Waals surface area contributed by atoms with Crippen LogP contribution in [0, 0.1) is 5.92 Å². The number of aromatic nitrogens is 2. The number of anilines is 1. The van der Waals surface area contributed by atoms with Crippen LogP contribution in [0.2, 0.25) is 0 Å². The van der Waals surface area contributed by atoms with Crippen LogP contribution in [0.3, 0.4) is 0 Å². The highest BCUT2D eigenvalue weighted by atomic mass is 16.4. The molecule has 1 aliphatic carbocycles. The van der Waals surface area contributed by atoms with Crippen molar-refractivity contribution >= 4 is 11.7 Å². The van der Waals surface area contributed by atoms with Gasteiger partial charge in [-0.05, 0) is 18.8 Å². The number of rotatable bonds is 4. The second-order valence-electron chi connectivity index (χ2n) is 5.13. The molecule has 6 heteroatoms. The van der Waals surface area contributed by atoms with Gasteiger partial charge in [0, 0.05) is 13.6 Å². The minimum atomic E-state index is -0.0195. The highest BCUT2D eigenvalue weighted by Gasteiger charge is 2.16. The summed E-state index contributed by atoms with van der Waals surface area (Å²) in [5.74, 6) is 1.55. The molecule has 1 aliphatic rings. The summed E-state index contributed by atoms with van der Waals surface area (Å²) in [5, 5.41) is 11.5. The lowest BCUT2D eigenvalue weighted by Crippen LogP contribution is -2.28. The van der Waals surface area contributed by atoms with E-state index in [4.69, 9.17) is 10.9 Å².